The molecule has 1 aliphatic heterocycles. The van der Waals surface area contributed by atoms with E-state index < -0.39 is 0 Å². The Hall–Kier alpha value is -2.80. The molecule has 0 aromatic heterocycles. The molecule has 1 aliphatic rings. The summed E-state index contributed by atoms with van der Waals surface area (Å²) in [5, 5.41) is 3.69. The zero-order chi connectivity index (χ0) is 15.5. The first-order valence-corrected chi connectivity index (χ1v) is 8.07. The van der Waals surface area contributed by atoms with Gasteiger partial charge in [-0.1, -0.05) is 84.9 Å². The first-order chi connectivity index (χ1) is 11.4. The highest BCUT2D eigenvalue weighted by Crippen LogP contribution is 2.40. The van der Waals surface area contributed by atoms with Crippen molar-refractivity contribution in [3.8, 4) is 0 Å². The lowest BCUT2D eigenvalue weighted by Gasteiger charge is -2.29. The monoisotopic (exact) mass is 297 g/mol. The van der Waals surface area contributed by atoms with Crippen LogP contribution in [0, 0.1) is 0 Å². The third kappa shape index (κ3) is 2.91. The summed E-state index contributed by atoms with van der Waals surface area (Å²) in [7, 11) is 0. The Morgan fingerprint density at radius 1 is 0.739 bits per heavy atom. The first-order valence-electron chi connectivity index (χ1n) is 8.07. The highest BCUT2D eigenvalue weighted by Gasteiger charge is 2.22. The molecular formula is C22H19N. The second kappa shape index (κ2) is 6.13. The van der Waals surface area contributed by atoms with Crippen molar-refractivity contribution in [3.63, 3.8) is 0 Å². The molecule has 3 aromatic carbocycles. The van der Waals surface area contributed by atoms with E-state index in [0.717, 1.165) is 6.42 Å². The fourth-order valence-electron chi connectivity index (χ4n) is 3.23. The standard InChI is InChI=1S/C22H19N/c1-3-9-17(10-4-1)15-19-16-22(18-11-5-2-6-12-18)23-21-14-8-7-13-20(19)21/h1-15,22-23H,16H2/b19-15+. The molecule has 1 unspecified atom stereocenters. The molecular weight excluding hydrogens is 278 g/mol. The van der Waals surface area contributed by atoms with Gasteiger partial charge in [-0.05, 0) is 29.2 Å². The Morgan fingerprint density at radius 2 is 1.39 bits per heavy atom. The average Bonchev–Trinajstić information content (AvgIpc) is 2.63. The quantitative estimate of drug-likeness (QED) is 0.632. The number of benzene rings is 3. The van der Waals surface area contributed by atoms with Gasteiger partial charge in [0, 0.05) is 11.3 Å². The van der Waals surface area contributed by atoms with Crippen LogP contribution in [0.2, 0.25) is 0 Å². The van der Waals surface area contributed by atoms with Crippen molar-refractivity contribution < 1.29 is 0 Å². The number of hydrogen-bond donors (Lipinski definition) is 1. The molecule has 0 saturated carbocycles. The van der Waals surface area contributed by atoms with Crippen LogP contribution in [0.15, 0.2) is 84.9 Å². The van der Waals surface area contributed by atoms with E-state index in [2.05, 4.69) is 96.3 Å². The molecule has 3 aromatic rings. The van der Waals surface area contributed by atoms with Gasteiger partial charge in [0.1, 0.15) is 0 Å². The maximum absolute atomic E-state index is 3.69. The van der Waals surface area contributed by atoms with E-state index in [1.807, 2.05) is 0 Å². The van der Waals surface area contributed by atoms with Crippen molar-refractivity contribution >= 4 is 17.3 Å². The third-order valence-electron chi connectivity index (χ3n) is 4.37. The minimum Gasteiger partial charge on any atom is -0.377 e. The van der Waals surface area contributed by atoms with E-state index in [4.69, 9.17) is 0 Å². The van der Waals surface area contributed by atoms with Crippen molar-refractivity contribution in [2.45, 2.75) is 12.5 Å². The maximum Gasteiger partial charge on any atom is 0.0554 e. The molecule has 112 valence electrons. The average molecular weight is 297 g/mol. The van der Waals surface area contributed by atoms with Crippen LogP contribution in [0.5, 0.6) is 0 Å². The number of nitrogens with one attached hydrogen (secondary N) is 1. The predicted molar refractivity (Wildman–Crippen MR) is 98.2 cm³/mol. The van der Waals surface area contributed by atoms with Gasteiger partial charge in [0.2, 0.25) is 0 Å². The zero-order valence-corrected chi connectivity index (χ0v) is 12.9. The van der Waals surface area contributed by atoms with Gasteiger partial charge in [-0.25, -0.2) is 0 Å². The summed E-state index contributed by atoms with van der Waals surface area (Å²) in [4.78, 5) is 0. The summed E-state index contributed by atoms with van der Waals surface area (Å²) in [5.74, 6) is 0. The first kappa shape index (κ1) is 13.8. The lowest BCUT2D eigenvalue weighted by atomic mass is 9.88. The van der Waals surface area contributed by atoms with E-state index in [0.29, 0.717) is 6.04 Å². The maximum atomic E-state index is 3.69. The Morgan fingerprint density at radius 3 is 2.17 bits per heavy atom. The van der Waals surface area contributed by atoms with E-state index in [1.54, 1.807) is 0 Å². The second-order valence-electron chi connectivity index (χ2n) is 5.94. The van der Waals surface area contributed by atoms with Crippen LogP contribution in [0.25, 0.3) is 11.6 Å². The molecule has 1 atom stereocenters. The molecule has 0 radical (unpaired) electrons. The van der Waals surface area contributed by atoms with E-state index in [9.17, 15) is 0 Å². The normalized spacial score (nSPS) is 18.3. The summed E-state index contributed by atoms with van der Waals surface area (Å²) in [6.07, 6.45) is 3.31. The summed E-state index contributed by atoms with van der Waals surface area (Å²) in [6.45, 7) is 0. The summed E-state index contributed by atoms with van der Waals surface area (Å²) < 4.78 is 0. The highest BCUT2D eigenvalue weighted by atomic mass is 14.9. The van der Waals surface area contributed by atoms with Crippen LogP contribution in [0.1, 0.15) is 29.2 Å². The number of fused-ring (bicyclic) bond motifs is 1. The molecule has 1 heterocycles. The molecule has 1 nitrogen and oxygen atoms in total. The van der Waals surface area contributed by atoms with Crippen molar-refractivity contribution in [2.24, 2.45) is 0 Å². The summed E-state index contributed by atoms with van der Waals surface area (Å²) in [6, 6.07) is 30.2. The van der Waals surface area contributed by atoms with E-state index in [-0.39, 0.29) is 0 Å². The van der Waals surface area contributed by atoms with Gasteiger partial charge in [0.05, 0.1) is 6.04 Å². The fraction of sp³-hybridized carbons (Fsp3) is 0.0909. The fourth-order valence-corrected chi connectivity index (χ4v) is 3.23. The molecule has 4 rings (SSSR count). The predicted octanol–water partition coefficient (Wildman–Crippen LogP) is 5.78. The Kier molecular flexibility index (Phi) is 3.69. The van der Waals surface area contributed by atoms with Crippen LogP contribution >= 0.6 is 0 Å². The van der Waals surface area contributed by atoms with Gasteiger partial charge in [0.25, 0.3) is 0 Å². The Bertz CT molecular complexity index is 819. The van der Waals surface area contributed by atoms with Crippen molar-refractivity contribution in [1.82, 2.24) is 0 Å². The van der Waals surface area contributed by atoms with Crippen LogP contribution in [-0.2, 0) is 0 Å². The highest BCUT2D eigenvalue weighted by molar-refractivity contribution is 5.89. The number of para-hydroxylation sites is 1. The lowest BCUT2D eigenvalue weighted by Crippen LogP contribution is -2.17. The van der Waals surface area contributed by atoms with Crippen LogP contribution < -0.4 is 5.32 Å². The number of anilines is 1. The zero-order valence-electron chi connectivity index (χ0n) is 12.9. The molecule has 23 heavy (non-hydrogen) atoms. The minimum absolute atomic E-state index is 0.320. The van der Waals surface area contributed by atoms with Crippen molar-refractivity contribution in [1.29, 1.82) is 0 Å². The topological polar surface area (TPSA) is 12.0 Å². The van der Waals surface area contributed by atoms with Gasteiger partial charge in [-0.3, -0.25) is 0 Å². The molecule has 1 N–H and O–H groups in total. The van der Waals surface area contributed by atoms with E-state index >= 15 is 0 Å². The van der Waals surface area contributed by atoms with Crippen LogP contribution in [0.3, 0.4) is 0 Å². The van der Waals surface area contributed by atoms with Gasteiger partial charge < -0.3 is 5.32 Å². The Labute approximate surface area is 137 Å². The number of rotatable bonds is 2. The molecule has 0 amide bonds. The SMILES string of the molecule is C(=C1/CC(c2ccccc2)Nc2ccccc21)/c1ccccc1. The van der Waals surface area contributed by atoms with Crippen LogP contribution in [-0.4, -0.2) is 0 Å². The second-order valence-corrected chi connectivity index (χ2v) is 5.94. The summed E-state index contributed by atoms with van der Waals surface area (Å²) >= 11 is 0. The van der Waals surface area contributed by atoms with Gasteiger partial charge >= 0.3 is 0 Å². The molecule has 0 spiro atoms. The smallest absolute Gasteiger partial charge is 0.0554 e. The molecule has 0 fully saturated rings. The largest absolute Gasteiger partial charge is 0.377 e. The molecule has 0 bridgehead atoms. The summed E-state index contributed by atoms with van der Waals surface area (Å²) in [5.41, 5.74) is 6.50. The van der Waals surface area contributed by atoms with E-state index in [1.165, 1.54) is 28.0 Å². The van der Waals surface area contributed by atoms with Gasteiger partial charge in [-0.15, -0.1) is 0 Å². The third-order valence-corrected chi connectivity index (χ3v) is 4.37. The van der Waals surface area contributed by atoms with Crippen molar-refractivity contribution in [3.05, 3.63) is 102 Å². The number of hydrogen-bond acceptors (Lipinski definition) is 1. The van der Waals surface area contributed by atoms with Gasteiger partial charge in [-0.2, -0.15) is 0 Å². The lowest BCUT2D eigenvalue weighted by molar-refractivity contribution is 0.795. The Balaban J connectivity index is 1.77. The minimum atomic E-state index is 0.320. The van der Waals surface area contributed by atoms with Crippen LogP contribution in [0.4, 0.5) is 5.69 Å². The van der Waals surface area contributed by atoms with Gasteiger partial charge in [0.15, 0.2) is 0 Å². The molecule has 1 heteroatoms. The van der Waals surface area contributed by atoms with Crippen molar-refractivity contribution in [2.75, 3.05) is 5.32 Å². The molecule has 0 aliphatic carbocycles. The molecule has 0 saturated heterocycles.